The molecule has 0 bridgehead atoms. The Morgan fingerprint density at radius 3 is 2.56 bits per heavy atom. The zero-order valence-corrected chi connectivity index (χ0v) is 16.3. The van der Waals surface area contributed by atoms with Crippen LogP contribution in [0.5, 0.6) is 0 Å². The van der Waals surface area contributed by atoms with E-state index in [1.807, 2.05) is 20.8 Å². The van der Waals surface area contributed by atoms with Crippen molar-refractivity contribution in [1.82, 2.24) is 10.6 Å². The second-order valence-electron chi connectivity index (χ2n) is 7.63. The molecular formula is C18H24ClN3O5. The summed E-state index contributed by atoms with van der Waals surface area (Å²) in [6.07, 6.45) is 0.150. The lowest BCUT2D eigenvalue weighted by Crippen LogP contribution is -2.50. The highest BCUT2D eigenvalue weighted by Gasteiger charge is 2.39. The largest absolute Gasteiger partial charge is 0.481 e. The van der Waals surface area contributed by atoms with Crippen LogP contribution in [0.1, 0.15) is 44.0 Å². The number of hydrogen-bond acceptors (Lipinski definition) is 4. The van der Waals surface area contributed by atoms with Gasteiger partial charge >= 0.3 is 12.0 Å². The van der Waals surface area contributed by atoms with Gasteiger partial charge < -0.3 is 25.8 Å². The third-order valence-electron chi connectivity index (χ3n) is 3.93. The number of hydrogen-bond donors (Lipinski definition) is 4. The van der Waals surface area contributed by atoms with Crippen molar-refractivity contribution in [2.75, 3.05) is 18.5 Å². The molecule has 0 aliphatic carbocycles. The van der Waals surface area contributed by atoms with Gasteiger partial charge in [0.1, 0.15) is 0 Å². The van der Waals surface area contributed by atoms with Crippen molar-refractivity contribution in [2.45, 2.75) is 44.7 Å². The van der Waals surface area contributed by atoms with Gasteiger partial charge in [-0.1, -0.05) is 11.6 Å². The number of amides is 3. The van der Waals surface area contributed by atoms with Crippen LogP contribution in [-0.2, 0) is 9.53 Å². The lowest BCUT2D eigenvalue weighted by atomic mass is 9.93. The summed E-state index contributed by atoms with van der Waals surface area (Å²) in [5.41, 5.74) is -0.857. The fraction of sp³-hybridized carbons (Fsp3) is 0.500. The summed E-state index contributed by atoms with van der Waals surface area (Å²) in [7, 11) is 0. The number of ether oxygens (including phenoxy) is 1. The molecule has 0 aromatic heterocycles. The second kappa shape index (κ2) is 8.14. The number of aliphatic carboxylic acids is 1. The predicted molar refractivity (Wildman–Crippen MR) is 101 cm³/mol. The zero-order valence-electron chi connectivity index (χ0n) is 15.5. The first-order valence-corrected chi connectivity index (χ1v) is 8.88. The molecule has 1 unspecified atom stereocenters. The third kappa shape index (κ3) is 6.11. The summed E-state index contributed by atoms with van der Waals surface area (Å²) >= 11 is 6.13. The van der Waals surface area contributed by atoms with Gasteiger partial charge in [0.2, 0.25) is 0 Å². The van der Waals surface area contributed by atoms with E-state index in [-0.39, 0.29) is 23.6 Å². The van der Waals surface area contributed by atoms with E-state index in [4.69, 9.17) is 21.4 Å². The average molecular weight is 398 g/mol. The molecule has 1 fully saturated rings. The Bertz CT molecular complexity index is 739. The Morgan fingerprint density at radius 2 is 2.00 bits per heavy atom. The summed E-state index contributed by atoms with van der Waals surface area (Å²) in [5, 5.41) is 17.5. The van der Waals surface area contributed by atoms with Crippen LogP contribution in [0.15, 0.2) is 18.2 Å². The first-order valence-electron chi connectivity index (χ1n) is 8.50. The number of urea groups is 1. The van der Waals surface area contributed by atoms with Gasteiger partial charge in [-0.15, -0.1) is 0 Å². The summed E-state index contributed by atoms with van der Waals surface area (Å²) in [4.78, 5) is 35.9. The van der Waals surface area contributed by atoms with E-state index < -0.39 is 29.0 Å². The summed E-state index contributed by atoms with van der Waals surface area (Å²) in [6.45, 7) is 6.03. The van der Waals surface area contributed by atoms with E-state index in [0.29, 0.717) is 18.7 Å². The molecule has 27 heavy (non-hydrogen) atoms. The van der Waals surface area contributed by atoms with Crippen molar-refractivity contribution in [3.05, 3.63) is 28.8 Å². The van der Waals surface area contributed by atoms with E-state index in [9.17, 15) is 14.4 Å². The van der Waals surface area contributed by atoms with E-state index in [1.165, 1.54) is 12.1 Å². The molecule has 9 heteroatoms. The van der Waals surface area contributed by atoms with Crippen molar-refractivity contribution in [1.29, 1.82) is 0 Å². The molecule has 1 aliphatic heterocycles. The van der Waals surface area contributed by atoms with Crippen molar-refractivity contribution < 1.29 is 24.2 Å². The van der Waals surface area contributed by atoms with Crippen LogP contribution in [0.3, 0.4) is 0 Å². The minimum atomic E-state index is -1.03. The number of anilines is 1. The van der Waals surface area contributed by atoms with Crippen LogP contribution >= 0.6 is 11.6 Å². The number of benzene rings is 1. The standard InChI is InChI=1S/C18H24ClN3O5/c1-17(2,3)22-16(26)20-11-4-5-13(19)12(8-11)15(25)21-18(9-14(23)24)6-7-27-10-18/h4-5,8H,6-7,9-10H2,1-3H3,(H,21,25)(H,23,24)(H2,20,22,26). The topological polar surface area (TPSA) is 117 Å². The van der Waals surface area contributed by atoms with Gasteiger partial charge in [-0.2, -0.15) is 0 Å². The van der Waals surface area contributed by atoms with E-state index >= 15 is 0 Å². The predicted octanol–water partition coefficient (Wildman–Crippen LogP) is 2.62. The molecular weight excluding hydrogens is 374 g/mol. The van der Waals surface area contributed by atoms with Crippen LogP contribution < -0.4 is 16.0 Å². The SMILES string of the molecule is CC(C)(C)NC(=O)Nc1ccc(Cl)c(C(=O)NC2(CC(=O)O)CCOC2)c1. The zero-order chi connectivity index (χ0) is 20.2. The first-order chi connectivity index (χ1) is 12.5. The van der Waals surface area contributed by atoms with Gasteiger partial charge in [0.25, 0.3) is 5.91 Å². The molecule has 1 atom stereocenters. The highest BCUT2D eigenvalue weighted by molar-refractivity contribution is 6.34. The Labute approximate surface area is 162 Å². The number of carbonyl (C=O) groups excluding carboxylic acids is 2. The molecule has 0 spiro atoms. The summed E-state index contributed by atoms with van der Waals surface area (Å²) < 4.78 is 5.27. The van der Waals surface area contributed by atoms with E-state index in [2.05, 4.69) is 16.0 Å². The molecule has 1 aromatic carbocycles. The van der Waals surface area contributed by atoms with Gasteiger partial charge in [0.15, 0.2) is 0 Å². The molecule has 1 aliphatic rings. The molecule has 148 valence electrons. The molecule has 1 aromatic rings. The first kappa shape index (κ1) is 21.0. The van der Waals surface area contributed by atoms with Crippen LogP contribution in [-0.4, -0.2) is 47.3 Å². The molecule has 2 rings (SSSR count). The number of carboxylic acids is 1. The van der Waals surface area contributed by atoms with Gasteiger partial charge in [0, 0.05) is 17.8 Å². The van der Waals surface area contributed by atoms with Crippen LogP contribution in [0.2, 0.25) is 5.02 Å². The van der Waals surface area contributed by atoms with Crippen molar-refractivity contribution in [2.24, 2.45) is 0 Å². The molecule has 8 nitrogen and oxygen atoms in total. The van der Waals surface area contributed by atoms with Gasteiger partial charge in [0.05, 0.1) is 29.2 Å². The van der Waals surface area contributed by atoms with Crippen LogP contribution in [0.25, 0.3) is 0 Å². The monoisotopic (exact) mass is 397 g/mol. The fourth-order valence-electron chi connectivity index (χ4n) is 2.77. The van der Waals surface area contributed by atoms with E-state index in [0.717, 1.165) is 0 Å². The second-order valence-corrected chi connectivity index (χ2v) is 8.04. The number of nitrogens with one attached hydrogen (secondary N) is 3. The highest BCUT2D eigenvalue weighted by atomic mass is 35.5. The summed E-state index contributed by atoms with van der Waals surface area (Å²) in [6, 6.07) is 4.11. The maximum absolute atomic E-state index is 12.7. The van der Waals surface area contributed by atoms with Crippen molar-refractivity contribution in [3.63, 3.8) is 0 Å². The van der Waals surface area contributed by atoms with Crippen LogP contribution in [0.4, 0.5) is 10.5 Å². The lowest BCUT2D eigenvalue weighted by molar-refractivity contribution is -0.138. The lowest BCUT2D eigenvalue weighted by Gasteiger charge is -2.27. The average Bonchev–Trinajstić information content (AvgIpc) is 2.94. The van der Waals surface area contributed by atoms with Gasteiger partial charge in [-0.25, -0.2) is 4.79 Å². The minimum absolute atomic E-state index is 0.120. The van der Waals surface area contributed by atoms with E-state index in [1.54, 1.807) is 6.07 Å². The van der Waals surface area contributed by atoms with Crippen molar-refractivity contribution >= 4 is 35.2 Å². The quantitative estimate of drug-likeness (QED) is 0.609. The van der Waals surface area contributed by atoms with Gasteiger partial charge in [-0.3, -0.25) is 9.59 Å². The maximum Gasteiger partial charge on any atom is 0.319 e. The van der Waals surface area contributed by atoms with Crippen molar-refractivity contribution in [3.8, 4) is 0 Å². The molecule has 1 heterocycles. The molecule has 1 saturated heterocycles. The Balaban J connectivity index is 2.16. The molecule has 3 amide bonds. The number of halogens is 1. The normalized spacial score (nSPS) is 19.4. The Kier molecular flexibility index (Phi) is 6.33. The molecule has 4 N–H and O–H groups in total. The minimum Gasteiger partial charge on any atom is -0.481 e. The Hall–Kier alpha value is -2.32. The Morgan fingerprint density at radius 1 is 1.30 bits per heavy atom. The highest BCUT2D eigenvalue weighted by Crippen LogP contribution is 2.26. The third-order valence-corrected chi connectivity index (χ3v) is 4.26. The van der Waals surface area contributed by atoms with Gasteiger partial charge in [-0.05, 0) is 45.4 Å². The van der Waals surface area contributed by atoms with Crippen LogP contribution in [0, 0.1) is 0 Å². The number of carboxylic acid groups (broad SMARTS) is 1. The smallest absolute Gasteiger partial charge is 0.319 e. The maximum atomic E-state index is 12.7. The molecule has 0 saturated carbocycles. The number of rotatable bonds is 5. The molecule has 0 radical (unpaired) electrons. The summed E-state index contributed by atoms with van der Waals surface area (Å²) in [5.74, 6) is -1.55. The fourth-order valence-corrected chi connectivity index (χ4v) is 2.97. The number of carbonyl (C=O) groups is 3.